The number of Topliss-reactive ketones (excluding diaryl/α,β-unsaturated/α-hetero) is 2. The van der Waals surface area contributed by atoms with Gasteiger partial charge in [-0.25, -0.2) is 0 Å². The summed E-state index contributed by atoms with van der Waals surface area (Å²) in [5.41, 5.74) is 2.48. The molecule has 66 heavy (non-hydrogen) atoms. The van der Waals surface area contributed by atoms with Crippen molar-refractivity contribution >= 4 is 162 Å². The number of amides is 4. The molecule has 0 aliphatic carbocycles. The molecule has 22 heteroatoms. The van der Waals surface area contributed by atoms with E-state index in [1.807, 2.05) is 13.8 Å². The van der Waals surface area contributed by atoms with Gasteiger partial charge < -0.3 is 21.3 Å². The molecule has 5 rings (SSSR count). The molecule has 14 nitrogen and oxygen atoms in total. The smallest absolute Gasteiger partial charge is 0.258 e. The van der Waals surface area contributed by atoms with Gasteiger partial charge in [-0.3, -0.25) is 28.8 Å². The van der Waals surface area contributed by atoms with E-state index in [2.05, 4.69) is 41.7 Å². The van der Waals surface area contributed by atoms with Crippen LogP contribution in [0.5, 0.6) is 0 Å². The van der Waals surface area contributed by atoms with Crippen LogP contribution >= 0.6 is 92.8 Å². The Bertz CT molecular complexity index is 2670. The van der Waals surface area contributed by atoms with Gasteiger partial charge in [-0.05, 0) is 111 Å². The van der Waals surface area contributed by atoms with E-state index in [4.69, 9.17) is 92.8 Å². The molecule has 0 heterocycles. The molecule has 5 aromatic rings. The zero-order valence-electron chi connectivity index (χ0n) is 34.8. The summed E-state index contributed by atoms with van der Waals surface area (Å²) in [7, 11) is 0. The molecule has 4 N–H and O–H groups in total. The zero-order chi connectivity index (χ0) is 48.6. The van der Waals surface area contributed by atoms with Crippen LogP contribution in [-0.2, 0) is 32.0 Å². The van der Waals surface area contributed by atoms with Gasteiger partial charge in [0.05, 0.1) is 52.9 Å². The van der Waals surface area contributed by atoms with Gasteiger partial charge in [0.25, 0.3) is 23.6 Å². The Hall–Kier alpha value is -5.16. The first-order valence-corrected chi connectivity index (χ1v) is 22.3. The summed E-state index contributed by atoms with van der Waals surface area (Å²) >= 11 is 49.1. The van der Waals surface area contributed by atoms with Crippen molar-refractivity contribution in [2.24, 2.45) is 20.5 Å². The molecule has 2 unspecified atom stereocenters. The Balaban J connectivity index is 1.31. The van der Waals surface area contributed by atoms with E-state index in [0.29, 0.717) is 35.3 Å². The van der Waals surface area contributed by atoms with E-state index in [-0.39, 0.29) is 74.1 Å². The quantitative estimate of drug-likeness (QED) is 0.0430. The first-order chi connectivity index (χ1) is 31.2. The van der Waals surface area contributed by atoms with Crippen LogP contribution in [0.25, 0.3) is 0 Å². The SMILES string of the molecule is CCc1c(NC(=O)C(N=Nc2cc(Cl)cc(C(=O)Nc3cc(Cl)c(Cl)cc3Cl)c2)C(C)=O)ccc(NC(=O)C(N=Nc2cc(Cl)cc(C(=O)Nc3cc(Cl)c(Cl)cc3Cl)c2)C(C)=O)c1CC. The number of carbonyl (C=O) groups is 6. The molecule has 0 aliphatic rings. The van der Waals surface area contributed by atoms with Gasteiger partial charge in [0.1, 0.15) is 0 Å². The fraction of sp³-hybridized carbons (Fsp3) is 0.182. The molecule has 0 spiro atoms. The minimum atomic E-state index is -1.61. The highest BCUT2D eigenvalue weighted by Gasteiger charge is 2.27. The van der Waals surface area contributed by atoms with Gasteiger partial charge in [0, 0.05) is 32.5 Å². The predicted octanol–water partition coefficient (Wildman–Crippen LogP) is 13.9. The van der Waals surface area contributed by atoms with E-state index in [1.165, 1.54) is 86.6 Å². The van der Waals surface area contributed by atoms with E-state index in [0.717, 1.165) is 0 Å². The maximum Gasteiger partial charge on any atom is 0.258 e. The van der Waals surface area contributed by atoms with Crippen molar-refractivity contribution in [3.8, 4) is 0 Å². The highest BCUT2D eigenvalue weighted by atomic mass is 35.5. The van der Waals surface area contributed by atoms with Crippen molar-refractivity contribution in [1.82, 2.24) is 0 Å². The Kier molecular flexibility index (Phi) is 18.1. The third-order valence-corrected chi connectivity index (χ3v) is 11.8. The topological polar surface area (TPSA) is 200 Å². The summed E-state index contributed by atoms with van der Waals surface area (Å²) in [6.07, 6.45) is 0.737. The second kappa shape index (κ2) is 23.0. The number of rotatable bonds is 16. The molecule has 0 aliphatic heterocycles. The van der Waals surface area contributed by atoms with Gasteiger partial charge in [-0.1, -0.05) is 107 Å². The normalized spacial score (nSPS) is 12.2. The lowest BCUT2D eigenvalue weighted by molar-refractivity contribution is -0.127. The number of nitrogens with zero attached hydrogens (tertiary/aromatic N) is 4. The largest absolute Gasteiger partial charge is 0.323 e. The lowest BCUT2D eigenvalue weighted by Crippen LogP contribution is -2.33. The van der Waals surface area contributed by atoms with Crippen molar-refractivity contribution < 1.29 is 28.8 Å². The lowest BCUT2D eigenvalue weighted by Gasteiger charge is -2.20. The van der Waals surface area contributed by atoms with Crippen molar-refractivity contribution in [1.29, 1.82) is 0 Å². The second-order valence-corrected chi connectivity index (χ2v) is 17.4. The highest BCUT2D eigenvalue weighted by Crippen LogP contribution is 2.35. The first kappa shape index (κ1) is 51.8. The number of anilines is 4. The number of nitrogens with one attached hydrogen (secondary N) is 4. The molecule has 342 valence electrons. The van der Waals surface area contributed by atoms with Crippen LogP contribution in [0.1, 0.15) is 59.5 Å². The Morgan fingerprint density at radius 3 is 1.14 bits per heavy atom. The number of ketones is 2. The molecule has 5 aromatic carbocycles. The van der Waals surface area contributed by atoms with E-state index in [9.17, 15) is 28.8 Å². The summed E-state index contributed by atoms with van der Waals surface area (Å²) in [5.74, 6) is -4.16. The van der Waals surface area contributed by atoms with Crippen LogP contribution < -0.4 is 21.3 Å². The zero-order valence-corrected chi connectivity index (χ0v) is 40.8. The molecular formula is C44H34Cl8N8O6. The van der Waals surface area contributed by atoms with Crippen LogP contribution in [-0.4, -0.2) is 47.3 Å². The number of hydrogen-bond donors (Lipinski definition) is 4. The van der Waals surface area contributed by atoms with Gasteiger partial charge in [-0.15, -0.1) is 0 Å². The van der Waals surface area contributed by atoms with Crippen LogP contribution in [0.15, 0.2) is 93.3 Å². The van der Waals surface area contributed by atoms with Crippen molar-refractivity contribution in [3.63, 3.8) is 0 Å². The molecule has 0 radical (unpaired) electrons. The number of azo groups is 2. The van der Waals surface area contributed by atoms with Crippen LogP contribution in [0.2, 0.25) is 40.2 Å². The summed E-state index contributed by atoms with van der Waals surface area (Å²) in [6, 6.07) is 13.5. The maximum atomic E-state index is 13.6. The highest BCUT2D eigenvalue weighted by molar-refractivity contribution is 6.45. The van der Waals surface area contributed by atoms with Crippen LogP contribution in [0, 0.1) is 0 Å². The Labute approximate surface area is 417 Å². The molecule has 0 aromatic heterocycles. The molecule has 2 atom stereocenters. The summed E-state index contributed by atoms with van der Waals surface area (Å²) < 4.78 is 0. The number of hydrogen-bond acceptors (Lipinski definition) is 10. The Morgan fingerprint density at radius 2 is 0.803 bits per heavy atom. The summed E-state index contributed by atoms with van der Waals surface area (Å²) in [4.78, 5) is 78.9. The van der Waals surface area contributed by atoms with Gasteiger partial charge in [0.15, 0.2) is 11.6 Å². The minimum absolute atomic E-state index is 0.0530. The third-order valence-electron chi connectivity index (χ3n) is 9.30. The monoisotopic (exact) mass is 1050 g/mol. The number of carbonyl (C=O) groups excluding carboxylic acids is 6. The van der Waals surface area contributed by atoms with Gasteiger partial charge in [0.2, 0.25) is 12.1 Å². The minimum Gasteiger partial charge on any atom is -0.323 e. The summed E-state index contributed by atoms with van der Waals surface area (Å²) in [5, 5.41) is 28.0. The summed E-state index contributed by atoms with van der Waals surface area (Å²) in [6.45, 7) is 5.98. The number of benzene rings is 5. The molecular weight excluding hydrogens is 1020 g/mol. The van der Waals surface area contributed by atoms with Crippen molar-refractivity contribution in [2.45, 2.75) is 52.6 Å². The average Bonchev–Trinajstić information content (AvgIpc) is 3.24. The van der Waals surface area contributed by atoms with Crippen LogP contribution in [0.4, 0.5) is 34.1 Å². The van der Waals surface area contributed by atoms with Gasteiger partial charge in [-0.2, -0.15) is 20.5 Å². The van der Waals surface area contributed by atoms with Crippen molar-refractivity contribution in [3.05, 3.63) is 135 Å². The van der Waals surface area contributed by atoms with Crippen LogP contribution in [0.3, 0.4) is 0 Å². The van der Waals surface area contributed by atoms with E-state index < -0.39 is 47.3 Å². The molecule has 0 fully saturated rings. The average molecular weight is 1050 g/mol. The molecule has 4 amide bonds. The van der Waals surface area contributed by atoms with E-state index in [1.54, 1.807) is 0 Å². The first-order valence-electron chi connectivity index (χ1n) is 19.3. The molecule has 0 saturated heterocycles. The molecule has 0 bridgehead atoms. The fourth-order valence-corrected chi connectivity index (χ4v) is 7.82. The molecule has 0 saturated carbocycles. The lowest BCUT2D eigenvalue weighted by atomic mass is 9.98. The van der Waals surface area contributed by atoms with Crippen molar-refractivity contribution in [2.75, 3.05) is 21.3 Å². The maximum absolute atomic E-state index is 13.6. The second-order valence-electron chi connectivity index (χ2n) is 14.1. The predicted molar refractivity (Wildman–Crippen MR) is 262 cm³/mol. The Morgan fingerprint density at radius 1 is 0.455 bits per heavy atom. The van der Waals surface area contributed by atoms with Gasteiger partial charge >= 0.3 is 0 Å². The third kappa shape index (κ3) is 13.3. The standard InChI is InChI=1S/C44H34Cl8N8O6/c1-5-27-28(6-2)36(54-44(66)40(20(4)62)60-58-26-12-22(10-24(46)14-26)42(64)56-38-18-32(50)30(48)16-34(38)52)8-7-35(27)53-43(65)39(19(3)61)59-57-25-11-21(9-23(45)13-25)41(63)55-37-17-31(49)29(47)15-33(37)51/h7-18,39-40H,5-6H2,1-4H3,(H,53,65)(H,54,66)(H,55,63)(H,56,64). The van der Waals surface area contributed by atoms with E-state index >= 15 is 0 Å². The fourth-order valence-electron chi connectivity index (χ4n) is 6.17. The number of halogens is 8.